The predicted molar refractivity (Wildman–Crippen MR) is 81.3 cm³/mol. The molecule has 0 amide bonds. The second-order valence-corrected chi connectivity index (χ2v) is 5.77. The Bertz CT molecular complexity index is 556. The van der Waals surface area contributed by atoms with Gasteiger partial charge in [0.2, 0.25) is 0 Å². The van der Waals surface area contributed by atoms with E-state index in [4.69, 9.17) is 11.6 Å². The maximum atomic E-state index is 10.5. The van der Waals surface area contributed by atoms with E-state index in [-0.39, 0.29) is 5.92 Å². The van der Waals surface area contributed by atoms with Crippen molar-refractivity contribution >= 4 is 11.6 Å². The minimum Gasteiger partial charge on any atom is -0.385 e. The molecule has 1 N–H and O–H groups in total. The van der Waals surface area contributed by atoms with Crippen molar-refractivity contribution in [3.05, 3.63) is 59.1 Å². The van der Waals surface area contributed by atoms with Crippen LogP contribution in [0, 0.1) is 5.92 Å². The van der Waals surface area contributed by atoms with Gasteiger partial charge >= 0.3 is 0 Å². The fourth-order valence-electron chi connectivity index (χ4n) is 2.02. The van der Waals surface area contributed by atoms with Crippen LogP contribution in [0.15, 0.2) is 48.5 Å². The topological polar surface area (TPSA) is 20.2 Å². The normalized spacial score (nSPS) is 14.4. The zero-order valence-electron chi connectivity index (χ0n) is 11.5. The highest BCUT2D eigenvalue weighted by Gasteiger charge is 2.26. The molecule has 1 unspecified atom stereocenters. The highest BCUT2D eigenvalue weighted by Crippen LogP contribution is 2.32. The van der Waals surface area contributed by atoms with Gasteiger partial charge in [0, 0.05) is 10.6 Å². The van der Waals surface area contributed by atoms with Gasteiger partial charge in [-0.25, -0.2) is 0 Å². The first-order chi connectivity index (χ1) is 8.93. The molecule has 0 aliphatic carbocycles. The molecular weight excluding hydrogens is 256 g/mol. The SMILES string of the molecule is CC(C)C(C)(O)c1ccc(-c2ccccc2Cl)cc1. The highest BCUT2D eigenvalue weighted by atomic mass is 35.5. The molecule has 0 fully saturated rings. The summed E-state index contributed by atoms with van der Waals surface area (Å²) < 4.78 is 0. The molecule has 0 heterocycles. The van der Waals surface area contributed by atoms with Gasteiger partial charge in [0.1, 0.15) is 0 Å². The molecule has 0 saturated carbocycles. The number of rotatable bonds is 3. The van der Waals surface area contributed by atoms with Gasteiger partial charge < -0.3 is 5.11 Å². The largest absolute Gasteiger partial charge is 0.385 e. The number of hydrogen-bond acceptors (Lipinski definition) is 1. The molecule has 0 radical (unpaired) electrons. The van der Waals surface area contributed by atoms with E-state index in [2.05, 4.69) is 0 Å². The second-order valence-electron chi connectivity index (χ2n) is 5.36. The van der Waals surface area contributed by atoms with Gasteiger partial charge in [0.15, 0.2) is 0 Å². The Morgan fingerprint density at radius 1 is 1.00 bits per heavy atom. The van der Waals surface area contributed by atoms with Crippen LogP contribution in [0.1, 0.15) is 26.3 Å². The molecule has 2 heteroatoms. The lowest BCUT2D eigenvalue weighted by Gasteiger charge is -2.28. The van der Waals surface area contributed by atoms with Crippen LogP contribution in [0.4, 0.5) is 0 Å². The van der Waals surface area contributed by atoms with E-state index in [0.29, 0.717) is 0 Å². The van der Waals surface area contributed by atoms with E-state index in [9.17, 15) is 5.11 Å². The lowest BCUT2D eigenvalue weighted by molar-refractivity contribution is 0.00906. The van der Waals surface area contributed by atoms with E-state index in [1.165, 1.54) is 0 Å². The Morgan fingerprint density at radius 3 is 2.11 bits per heavy atom. The van der Waals surface area contributed by atoms with Gasteiger partial charge in [0.25, 0.3) is 0 Å². The van der Waals surface area contributed by atoms with Gasteiger partial charge in [0.05, 0.1) is 5.60 Å². The monoisotopic (exact) mass is 274 g/mol. The van der Waals surface area contributed by atoms with E-state index >= 15 is 0 Å². The third kappa shape index (κ3) is 2.83. The minimum absolute atomic E-state index is 0.165. The Labute approximate surface area is 119 Å². The summed E-state index contributed by atoms with van der Waals surface area (Å²) in [6, 6.07) is 15.7. The van der Waals surface area contributed by atoms with E-state index < -0.39 is 5.60 Å². The van der Waals surface area contributed by atoms with Crippen molar-refractivity contribution in [2.45, 2.75) is 26.4 Å². The Kier molecular flexibility index (Phi) is 3.98. The van der Waals surface area contributed by atoms with Crippen LogP contribution in [0.2, 0.25) is 5.02 Å². The molecule has 0 aliphatic heterocycles. The lowest BCUT2D eigenvalue weighted by atomic mass is 9.84. The van der Waals surface area contributed by atoms with Crippen LogP contribution in [0.3, 0.4) is 0 Å². The van der Waals surface area contributed by atoms with Gasteiger partial charge in [-0.2, -0.15) is 0 Å². The summed E-state index contributed by atoms with van der Waals surface area (Å²) in [4.78, 5) is 0. The van der Waals surface area contributed by atoms with Crippen LogP contribution in [0.5, 0.6) is 0 Å². The van der Waals surface area contributed by atoms with Crippen LogP contribution in [-0.4, -0.2) is 5.11 Å². The maximum absolute atomic E-state index is 10.5. The molecule has 2 aromatic rings. The zero-order chi connectivity index (χ0) is 14.0. The van der Waals surface area contributed by atoms with E-state index in [0.717, 1.165) is 21.7 Å². The van der Waals surface area contributed by atoms with Gasteiger partial charge in [-0.05, 0) is 30.0 Å². The average molecular weight is 275 g/mol. The lowest BCUT2D eigenvalue weighted by Crippen LogP contribution is -2.27. The first-order valence-electron chi connectivity index (χ1n) is 6.50. The zero-order valence-corrected chi connectivity index (χ0v) is 12.3. The Hall–Kier alpha value is -1.31. The molecule has 19 heavy (non-hydrogen) atoms. The van der Waals surface area contributed by atoms with Gasteiger partial charge in [-0.1, -0.05) is 67.9 Å². The average Bonchev–Trinajstić information content (AvgIpc) is 2.39. The summed E-state index contributed by atoms with van der Waals surface area (Å²) in [6.45, 7) is 5.88. The van der Waals surface area contributed by atoms with Crippen molar-refractivity contribution in [1.82, 2.24) is 0 Å². The molecule has 0 spiro atoms. The molecule has 0 aromatic heterocycles. The van der Waals surface area contributed by atoms with Crippen LogP contribution in [-0.2, 0) is 5.60 Å². The molecule has 1 nitrogen and oxygen atoms in total. The first-order valence-corrected chi connectivity index (χ1v) is 6.88. The smallest absolute Gasteiger partial charge is 0.0891 e. The number of halogens is 1. The summed E-state index contributed by atoms with van der Waals surface area (Å²) in [7, 11) is 0. The maximum Gasteiger partial charge on any atom is 0.0891 e. The molecule has 100 valence electrons. The summed E-state index contributed by atoms with van der Waals surface area (Å²) in [5.41, 5.74) is 2.20. The van der Waals surface area contributed by atoms with Crippen molar-refractivity contribution in [2.24, 2.45) is 5.92 Å². The van der Waals surface area contributed by atoms with Crippen molar-refractivity contribution < 1.29 is 5.11 Å². The van der Waals surface area contributed by atoms with Crippen LogP contribution in [0.25, 0.3) is 11.1 Å². The van der Waals surface area contributed by atoms with Gasteiger partial charge in [-0.3, -0.25) is 0 Å². The quantitative estimate of drug-likeness (QED) is 0.846. The highest BCUT2D eigenvalue weighted by molar-refractivity contribution is 6.33. The third-order valence-electron chi connectivity index (χ3n) is 3.78. The predicted octanol–water partition coefficient (Wildman–Crippen LogP) is 4.87. The molecular formula is C17H19ClO. The van der Waals surface area contributed by atoms with E-state index in [1.807, 2.05) is 69.3 Å². The molecule has 1 atom stereocenters. The molecule has 0 bridgehead atoms. The van der Waals surface area contributed by atoms with Crippen molar-refractivity contribution in [2.75, 3.05) is 0 Å². The van der Waals surface area contributed by atoms with Crippen LogP contribution >= 0.6 is 11.6 Å². The summed E-state index contributed by atoms with van der Waals surface area (Å²) in [5, 5.41) is 11.2. The fourth-order valence-corrected chi connectivity index (χ4v) is 2.26. The number of hydrogen-bond donors (Lipinski definition) is 1. The standard InChI is InChI=1S/C17H19ClO/c1-12(2)17(3,19)14-10-8-13(9-11-14)15-6-4-5-7-16(15)18/h4-12,19H,1-3H3. The summed E-state index contributed by atoms with van der Waals surface area (Å²) >= 11 is 6.19. The second kappa shape index (κ2) is 5.36. The minimum atomic E-state index is -0.807. The summed E-state index contributed by atoms with van der Waals surface area (Å²) in [6.07, 6.45) is 0. The molecule has 2 rings (SSSR count). The fraction of sp³-hybridized carbons (Fsp3) is 0.294. The van der Waals surface area contributed by atoms with Crippen molar-refractivity contribution in [3.63, 3.8) is 0 Å². The number of benzene rings is 2. The van der Waals surface area contributed by atoms with Gasteiger partial charge in [-0.15, -0.1) is 0 Å². The van der Waals surface area contributed by atoms with Crippen molar-refractivity contribution in [1.29, 1.82) is 0 Å². The third-order valence-corrected chi connectivity index (χ3v) is 4.11. The molecule has 0 aliphatic rings. The van der Waals surface area contributed by atoms with E-state index in [1.54, 1.807) is 0 Å². The number of aliphatic hydroxyl groups is 1. The molecule has 2 aromatic carbocycles. The Balaban J connectivity index is 2.37. The molecule has 0 saturated heterocycles. The van der Waals surface area contributed by atoms with Crippen LogP contribution < -0.4 is 0 Å². The summed E-state index contributed by atoms with van der Waals surface area (Å²) in [5.74, 6) is 0.165. The first kappa shape index (κ1) is 14.1. The van der Waals surface area contributed by atoms with Crippen molar-refractivity contribution in [3.8, 4) is 11.1 Å². The Morgan fingerprint density at radius 2 is 1.58 bits per heavy atom.